The molecular weight excluding hydrogens is 359 g/mol. The monoisotopic (exact) mass is 375 g/mol. The number of rotatable bonds is 7. The maximum absolute atomic E-state index is 13.2. The van der Waals surface area contributed by atoms with Gasteiger partial charge >= 0.3 is 12.1 Å². The lowest BCUT2D eigenvalue weighted by Gasteiger charge is -2.28. The highest BCUT2D eigenvalue weighted by Crippen LogP contribution is 2.37. The maximum atomic E-state index is 13.2. The Bertz CT molecular complexity index is 716. The second-order valence-electron chi connectivity index (χ2n) is 5.58. The standard InChI is InChI=1S/C16H16F3NO6/c1-10-4-5-13-11(8-10)9-12(14(26-13)16(17,18)19)15(21)24-6-2-3-7-25-20(22)23/h4-5,8-9,14H,2-3,6-7H2,1H3/t14-/m0/s1. The van der Waals surface area contributed by atoms with Crippen molar-refractivity contribution in [2.75, 3.05) is 13.2 Å². The molecule has 1 atom stereocenters. The van der Waals surface area contributed by atoms with E-state index in [1.54, 1.807) is 19.1 Å². The molecule has 0 aromatic heterocycles. The van der Waals surface area contributed by atoms with E-state index >= 15 is 0 Å². The Morgan fingerprint density at radius 1 is 1.31 bits per heavy atom. The molecule has 1 aliphatic rings. The van der Waals surface area contributed by atoms with Gasteiger partial charge in [0.1, 0.15) is 5.75 Å². The van der Waals surface area contributed by atoms with E-state index in [1.165, 1.54) is 6.07 Å². The Balaban J connectivity index is 2.05. The summed E-state index contributed by atoms with van der Waals surface area (Å²) in [5.74, 6) is -1.11. The molecule has 0 saturated carbocycles. The van der Waals surface area contributed by atoms with Crippen LogP contribution in [0.4, 0.5) is 13.2 Å². The van der Waals surface area contributed by atoms with Crippen molar-refractivity contribution in [2.24, 2.45) is 0 Å². The summed E-state index contributed by atoms with van der Waals surface area (Å²) >= 11 is 0. The largest absolute Gasteiger partial charge is 0.475 e. The third kappa shape index (κ3) is 5.11. The zero-order valence-electron chi connectivity index (χ0n) is 13.7. The van der Waals surface area contributed by atoms with Gasteiger partial charge in [0.15, 0.2) is 0 Å². The van der Waals surface area contributed by atoms with Crippen LogP contribution in [-0.4, -0.2) is 36.5 Å². The van der Waals surface area contributed by atoms with Crippen molar-refractivity contribution in [1.29, 1.82) is 0 Å². The normalized spacial score (nSPS) is 16.2. The molecule has 0 fully saturated rings. The van der Waals surface area contributed by atoms with Crippen LogP contribution in [0.1, 0.15) is 24.0 Å². The van der Waals surface area contributed by atoms with Gasteiger partial charge in [-0.2, -0.15) is 13.2 Å². The van der Waals surface area contributed by atoms with E-state index in [4.69, 9.17) is 9.47 Å². The van der Waals surface area contributed by atoms with Gasteiger partial charge in [-0.1, -0.05) is 11.6 Å². The number of unbranched alkanes of at least 4 members (excludes halogenated alkanes) is 1. The minimum atomic E-state index is -4.78. The highest BCUT2D eigenvalue weighted by Gasteiger charge is 2.48. The minimum absolute atomic E-state index is 0.0337. The quantitative estimate of drug-likeness (QED) is 0.315. The van der Waals surface area contributed by atoms with Crippen LogP contribution in [0.2, 0.25) is 0 Å². The molecule has 26 heavy (non-hydrogen) atoms. The second-order valence-corrected chi connectivity index (χ2v) is 5.58. The smallest absolute Gasteiger partial charge is 0.430 e. The van der Waals surface area contributed by atoms with Crippen LogP contribution < -0.4 is 4.74 Å². The molecule has 0 spiro atoms. The first-order valence-electron chi connectivity index (χ1n) is 7.68. The molecule has 1 aromatic rings. The number of ether oxygens (including phenoxy) is 2. The number of nitrogens with zero attached hydrogens (tertiary/aromatic N) is 1. The van der Waals surface area contributed by atoms with Crippen molar-refractivity contribution in [3.05, 3.63) is 45.0 Å². The summed E-state index contributed by atoms with van der Waals surface area (Å²) in [6.07, 6.45) is -5.66. The number of hydrogen-bond donors (Lipinski definition) is 0. The molecule has 10 heteroatoms. The summed E-state index contributed by atoms with van der Waals surface area (Å²) in [7, 11) is 0. The van der Waals surface area contributed by atoms with E-state index in [1.807, 2.05) is 0 Å². The lowest BCUT2D eigenvalue weighted by Crippen LogP contribution is -2.40. The van der Waals surface area contributed by atoms with Crippen LogP contribution in [-0.2, 0) is 14.4 Å². The van der Waals surface area contributed by atoms with E-state index < -0.39 is 28.9 Å². The molecule has 0 bridgehead atoms. The van der Waals surface area contributed by atoms with Gasteiger partial charge in [-0.25, -0.2) is 4.79 Å². The first kappa shape index (κ1) is 19.5. The zero-order chi connectivity index (χ0) is 19.3. The summed E-state index contributed by atoms with van der Waals surface area (Å²) in [5, 5.41) is 9.02. The molecule has 1 aliphatic heterocycles. The Hall–Kier alpha value is -2.78. The van der Waals surface area contributed by atoms with Gasteiger partial charge in [0, 0.05) is 5.56 Å². The average Bonchev–Trinajstić information content (AvgIpc) is 2.55. The number of carbonyl (C=O) groups is 1. The minimum Gasteiger partial charge on any atom is -0.475 e. The van der Waals surface area contributed by atoms with Crippen LogP contribution in [0.25, 0.3) is 6.08 Å². The van der Waals surface area contributed by atoms with Crippen LogP contribution in [0.15, 0.2) is 23.8 Å². The molecule has 142 valence electrons. The molecule has 7 nitrogen and oxygen atoms in total. The Morgan fingerprint density at radius 3 is 2.65 bits per heavy atom. The summed E-state index contributed by atoms with van der Waals surface area (Å²) in [5.41, 5.74) is 0.515. The first-order valence-corrected chi connectivity index (χ1v) is 7.68. The van der Waals surface area contributed by atoms with E-state index in [2.05, 4.69) is 4.84 Å². The average molecular weight is 375 g/mol. The molecule has 0 amide bonds. The van der Waals surface area contributed by atoms with Gasteiger partial charge in [0.25, 0.3) is 5.09 Å². The SMILES string of the molecule is Cc1ccc2c(c1)C=C(C(=O)OCCCCO[N+](=O)[O-])[C@@H](C(F)(F)F)O2. The van der Waals surface area contributed by atoms with E-state index in [9.17, 15) is 28.1 Å². The highest BCUT2D eigenvalue weighted by atomic mass is 19.4. The number of halogens is 3. The van der Waals surface area contributed by atoms with Crippen molar-refractivity contribution in [2.45, 2.75) is 32.0 Å². The molecule has 0 aliphatic carbocycles. The van der Waals surface area contributed by atoms with Gasteiger partial charge in [0.05, 0.1) is 18.8 Å². The molecule has 0 unspecified atom stereocenters. The third-order valence-corrected chi connectivity index (χ3v) is 3.51. The third-order valence-electron chi connectivity index (χ3n) is 3.51. The van der Waals surface area contributed by atoms with Gasteiger partial charge in [0.2, 0.25) is 6.10 Å². The van der Waals surface area contributed by atoms with Crippen molar-refractivity contribution in [3.8, 4) is 5.75 Å². The Labute approximate surface area is 146 Å². The fourth-order valence-corrected chi connectivity index (χ4v) is 2.32. The van der Waals surface area contributed by atoms with E-state index in [0.29, 0.717) is 5.56 Å². The number of benzene rings is 1. The second kappa shape index (κ2) is 8.07. The number of esters is 1. The molecule has 0 N–H and O–H groups in total. The van der Waals surface area contributed by atoms with Crippen LogP contribution in [0, 0.1) is 17.0 Å². The lowest BCUT2D eigenvalue weighted by atomic mass is 10.00. The lowest BCUT2D eigenvalue weighted by molar-refractivity contribution is -0.757. The molecule has 0 saturated heterocycles. The maximum Gasteiger partial charge on any atom is 0.430 e. The fraction of sp³-hybridized carbons (Fsp3) is 0.438. The number of alkyl halides is 3. The molecular formula is C16H16F3NO6. The van der Waals surface area contributed by atoms with Gasteiger partial charge in [-0.3, -0.25) is 0 Å². The van der Waals surface area contributed by atoms with Crippen molar-refractivity contribution in [1.82, 2.24) is 0 Å². The number of carbonyl (C=O) groups excluding carboxylic acids is 1. The summed E-state index contributed by atoms with van der Waals surface area (Å²) < 4.78 is 49.5. The number of aryl methyl sites for hydroxylation is 1. The Kier molecular flexibility index (Phi) is 6.06. The molecule has 1 aromatic carbocycles. The van der Waals surface area contributed by atoms with E-state index in [0.717, 1.165) is 11.6 Å². The zero-order valence-corrected chi connectivity index (χ0v) is 13.7. The summed E-state index contributed by atoms with van der Waals surface area (Å²) in [4.78, 5) is 26.1. The topological polar surface area (TPSA) is 87.9 Å². The van der Waals surface area contributed by atoms with E-state index in [-0.39, 0.29) is 31.8 Å². The Morgan fingerprint density at radius 2 is 2.00 bits per heavy atom. The van der Waals surface area contributed by atoms with Crippen molar-refractivity contribution >= 4 is 12.0 Å². The fourth-order valence-electron chi connectivity index (χ4n) is 2.32. The van der Waals surface area contributed by atoms with Gasteiger partial charge in [-0.05, 0) is 38.0 Å². The van der Waals surface area contributed by atoms with Crippen LogP contribution in [0.3, 0.4) is 0 Å². The van der Waals surface area contributed by atoms with Crippen LogP contribution in [0.5, 0.6) is 5.75 Å². The number of fused-ring (bicyclic) bond motifs is 1. The first-order chi connectivity index (χ1) is 12.2. The molecule has 1 heterocycles. The predicted molar refractivity (Wildman–Crippen MR) is 82.8 cm³/mol. The predicted octanol–water partition coefficient (Wildman–Crippen LogP) is 3.23. The molecule has 2 rings (SSSR count). The number of hydrogen-bond acceptors (Lipinski definition) is 6. The summed E-state index contributed by atoms with van der Waals surface area (Å²) in [6.45, 7) is 1.38. The van der Waals surface area contributed by atoms with Crippen molar-refractivity contribution in [3.63, 3.8) is 0 Å². The van der Waals surface area contributed by atoms with Crippen molar-refractivity contribution < 1.29 is 37.4 Å². The highest BCUT2D eigenvalue weighted by molar-refractivity contribution is 5.96. The van der Waals surface area contributed by atoms with Gasteiger partial charge in [-0.15, -0.1) is 10.1 Å². The van der Waals surface area contributed by atoms with Gasteiger partial charge < -0.3 is 14.3 Å². The molecule has 0 radical (unpaired) electrons. The summed E-state index contributed by atoms with van der Waals surface area (Å²) in [6, 6.07) is 4.62. The van der Waals surface area contributed by atoms with Crippen LogP contribution >= 0.6 is 0 Å².